The molecule has 0 unspecified atom stereocenters. The molecule has 1 heterocycles. The minimum atomic E-state index is -0.778. The van der Waals surface area contributed by atoms with Gasteiger partial charge < -0.3 is 19.1 Å². The summed E-state index contributed by atoms with van der Waals surface area (Å²) in [5.74, 6) is -2.07. The summed E-state index contributed by atoms with van der Waals surface area (Å²) in [5.41, 5.74) is 0.462. The third-order valence-electron chi connectivity index (χ3n) is 3.99. The molecule has 0 amide bonds. The summed E-state index contributed by atoms with van der Waals surface area (Å²) in [7, 11) is 2.38. The van der Waals surface area contributed by atoms with Crippen molar-refractivity contribution in [2.24, 2.45) is 0 Å². The second-order valence-electron chi connectivity index (χ2n) is 6.75. The molecule has 1 aromatic carbocycles. The number of halogens is 2. The zero-order chi connectivity index (χ0) is 19.6. The van der Waals surface area contributed by atoms with Crippen LogP contribution < -0.4 is 4.90 Å². The molecule has 0 N–H and O–H groups in total. The molecule has 26 heavy (non-hydrogen) atoms. The maximum atomic E-state index is 15.0. The zero-order valence-electron chi connectivity index (χ0n) is 15.3. The van der Waals surface area contributed by atoms with Gasteiger partial charge in [0.15, 0.2) is 0 Å². The lowest BCUT2D eigenvalue weighted by molar-refractivity contribution is -0.140. The Hall–Kier alpha value is -1.93. The van der Waals surface area contributed by atoms with E-state index in [0.717, 1.165) is 5.56 Å². The molecule has 8 heteroatoms. The number of hydrogen-bond donors (Lipinski definition) is 0. The van der Waals surface area contributed by atoms with Crippen LogP contribution in [0.25, 0.3) is 0 Å². The molecule has 0 radical (unpaired) electrons. The topological polar surface area (TPSA) is 65.1 Å². The Balaban J connectivity index is 2.66. The molecule has 0 bridgehead atoms. The Kier molecular flexibility index (Phi) is 6.08. The number of anilines is 1. The van der Waals surface area contributed by atoms with Crippen molar-refractivity contribution in [2.45, 2.75) is 26.2 Å². The second-order valence-corrected chi connectivity index (χ2v) is 7.61. The molecule has 0 aliphatic carbocycles. The molecule has 0 aromatic heterocycles. The van der Waals surface area contributed by atoms with Gasteiger partial charge in [-0.25, -0.2) is 14.0 Å². The van der Waals surface area contributed by atoms with E-state index in [-0.39, 0.29) is 35.7 Å². The molecule has 0 saturated heterocycles. The fourth-order valence-electron chi connectivity index (χ4n) is 2.58. The van der Waals surface area contributed by atoms with Crippen molar-refractivity contribution in [3.8, 4) is 0 Å². The molecule has 1 aliphatic heterocycles. The van der Waals surface area contributed by atoms with Crippen LogP contribution in [0.15, 0.2) is 27.9 Å². The van der Waals surface area contributed by atoms with Crippen molar-refractivity contribution in [1.29, 1.82) is 0 Å². The van der Waals surface area contributed by atoms with Gasteiger partial charge in [-0.2, -0.15) is 0 Å². The molecule has 2 rings (SSSR count). The van der Waals surface area contributed by atoms with E-state index in [1.54, 1.807) is 6.07 Å². The highest BCUT2D eigenvalue weighted by Gasteiger charge is 2.35. The predicted molar refractivity (Wildman–Crippen MR) is 97.2 cm³/mol. The summed E-state index contributed by atoms with van der Waals surface area (Å²) in [5, 5.41) is 0. The second kappa shape index (κ2) is 7.75. The van der Waals surface area contributed by atoms with Crippen LogP contribution >= 0.6 is 15.9 Å². The van der Waals surface area contributed by atoms with Crippen LogP contribution in [-0.2, 0) is 29.2 Å². The molecule has 1 aliphatic rings. The number of rotatable bonds is 3. The van der Waals surface area contributed by atoms with E-state index >= 15 is 0 Å². The Bertz CT molecular complexity index is 746. The summed E-state index contributed by atoms with van der Waals surface area (Å²) in [6.45, 7) is 5.65. The van der Waals surface area contributed by atoms with Crippen molar-refractivity contribution in [1.82, 2.24) is 0 Å². The first-order valence-electron chi connectivity index (χ1n) is 7.86. The molecule has 6 nitrogen and oxygen atoms in total. The highest BCUT2D eigenvalue weighted by Crippen LogP contribution is 2.38. The number of carbonyl (C=O) groups is 2. The van der Waals surface area contributed by atoms with E-state index in [4.69, 9.17) is 14.2 Å². The molecule has 0 fully saturated rings. The quantitative estimate of drug-likeness (QED) is 0.686. The van der Waals surface area contributed by atoms with Gasteiger partial charge in [0.2, 0.25) is 0 Å². The number of carbonyl (C=O) groups excluding carboxylic acids is 2. The first-order chi connectivity index (χ1) is 12.1. The monoisotopic (exact) mass is 429 g/mol. The van der Waals surface area contributed by atoms with Gasteiger partial charge in [-0.05, 0) is 39.0 Å². The minimum Gasteiger partial charge on any atom is -0.466 e. The standard InChI is InChI=1S/C18H21BrFNO5/c1-18(2,3)10-6-12(19)15(13(20)7-10)21-9-26-8-11(16(22)24-4)14(21)17(23)25-5/h6-7H,8-9H2,1-5H3. The van der Waals surface area contributed by atoms with E-state index < -0.39 is 17.8 Å². The molecule has 1 aromatic rings. The highest BCUT2D eigenvalue weighted by atomic mass is 79.9. The lowest BCUT2D eigenvalue weighted by Crippen LogP contribution is -2.39. The maximum Gasteiger partial charge on any atom is 0.355 e. The van der Waals surface area contributed by atoms with Gasteiger partial charge >= 0.3 is 11.9 Å². The lowest BCUT2D eigenvalue weighted by atomic mass is 9.87. The van der Waals surface area contributed by atoms with E-state index in [2.05, 4.69) is 15.9 Å². The van der Waals surface area contributed by atoms with Gasteiger partial charge in [0.05, 0.1) is 32.1 Å². The number of ether oxygens (including phenoxy) is 3. The van der Waals surface area contributed by atoms with Gasteiger partial charge in [-0.15, -0.1) is 0 Å². The van der Waals surface area contributed by atoms with E-state index in [1.165, 1.54) is 25.2 Å². The average molecular weight is 430 g/mol. The summed E-state index contributed by atoms with van der Waals surface area (Å²) in [6.07, 6.45) is 0. The Morgan fingerprint density at radius 1 is 1.19 bits per heavy atom. The average Bonchev–Trinajstić information content (AvgIpc) is 2.58. The van der Waals surface area contributed by atoms with Crippen molar-refractivity contribution >= 4 is 33.6 Å². The summed E-state index contributed by atoms with van der Waals surface area (Å²) < 4.78 is 30.3. The summed E-state index contributed by atoms with van der Waals surface area (Å²) >= 11 is 3.37. The summed E-state index contributed by atoms with van der Waals surface area (Å²) in [6, 6.07) is 3.18. The third kappa shape index (κ3) is 3.91. The molecule has 0 spiro atoms. The molecule has 142 valence electrons. The molecular formula is C18H21BrFNO5. The van der Waals surface area contributed by atoms with E-state index in [0.29, 0.717) is 4.47 Å². The largest absolute Gasteiger partial charge is 0.466 e. The molecule has 0 saturated carbocycles. The Morgan fingerprint density at radius 2 is 1.81 bits per heavy atom. The Morgan fingerprint density at radius 3 is 2.31 bits per heavy atom. The van der Waals surface area contributed by atoms with Gasteiger partial charge in [0, 0.05) is 4.47 Å². The fraction of sp³-hybridized carbons (Fsp3) is 0.444. The normalized spacial score (nSPS) is 15.1. The number of hydrogen-bond acceptors (Lipinski definition) is 6. The van der Waals surface area contributed by atoms with Crippen molar-refractivity contribution < 1.29 is 28.2 Å². The van der Waals surface area contributed by atoms with Gasteiger partial charge in [-0.1, -0.05) is 20.8 Å². The predicted octanol–water partition coefficient (Wildman–Crippen LogP) is 3.28. The number of esters is 2. The lowest BCUT2D eigenvalue weighted by Gasteiger charge is -2.32. The van der Waals surface area contributed by atoms with E-state index in [1.807, 2.05) is 20.8 Å². The van der Waals surface area contributed by atoms with Crippen LogP contribution in [0.4, 0.5) is 10.1 Å². The maximum absolute atomic E-state index is 15.0. The van der Waals surface area contributed by atoms with Crippen molar-refractivity contribution in [3.63, 3.8) is 0 Å². The van der Waals surface area contributed by atoms with Gasteiger partial charge in [-0.3, -0.25) is 0 Å². The number of benzene rings is 1. The minimum absolute atomic E-state index is 0.0307. The van der Waals surface area contributed by atoms with Crippen LogP contribution in [-0.4, -0.2) is 39.5 Å². The van der Waals surface area contributed by atoms with Gasteiger partial charge in [0.25, 0.3) is 0 Å². The number of nitrogens with zero attached hydrogens (tertiary/aromatic N) is 1. The van der Waals surface area contributed by atoms with Crippen LogP contribution in [0.5, 0.6) is 0 Å². The van der Waals surface area contributed by atoms with Crippen molar-refractivity contribution in [2.75, 3.05) is 32.5 Å². The van der Waals surface area contributed by atoms with Gasteiger partial charge in [0.1, 0.15) is 18.2 Å². The smallest absolute Gasteiger partial charge is 0.355 e. The fourth-order valence-corrected chi connectivity index (χ4v) is 3.23. The van der Waals surface area contributed by atoms with Crippen LogP contribution in [0.3, 0.4) is 0 Å². The zero-order valence-corrected chi connectivity index (χ0v) is 16.9. The molecular weight excluding hydrogens is 409 g/mol. The first-order valence-corrected chi connectivity index (χ1v) is 8.65. The van der Waals surface area contributed by atoms with E-state index in [9.17, 15) is 14.0 Å². The van der Waals surface area contributed by atoms with Crippen LogP contribution in [0.2, 0.25) is 0 Å². The third-order valence-corrected chi connectivity index (χ3v) is 4.59. The van der Waals surface area contributed by atoms with Crippen molar-refractivity contribution in [3.05, 3.63) is 39.3 Å². The SMILES string of the molecule is COC(=O)C1=C(C(=O)OC)N(c2c(F)cc(C(C)(C)C)cc2Br)COC1. The molecule has 0 atom stereocenters. The Labute approximate surface area is 160 Å². The summed E-state index contributed by atoms with van der Waals surface area (Å²) in [4.78, 5) is 25.6. The first kappa shape index (κ1) is 20.4. The van der Waals surface area contributed by atoms with Crippen LogP contribution in [0, 0.1) is 5.82 Å². The highest BCUT2D eigenvalue weighted by molar-refractivity contribution is 9.10. The van der Waals surface area contributed by atoms with Crippen LogP contribution in [0.1, 0.15) is 26.3 Å². The number of methoxy groups -OCH3 is 2.